The number of hydrogen-bond acceptors (Lipinski definition) is 6. The number of anilines is 1. The van der Waals surface area contributed by atoms with Gasteiger partial charge in [0.2, 0.25) is 5.91 Å². The molecule has 3 aromatic carbocycles. The maximum absolute atomic E-state index is 13.4. The number of ether oxygens (including phenoxy) is 1. The number of nitrogens with one attached hydrogen (secondary N) is 1. The van der Waals surface area contributed by atoms with E-state index in [0.717, 1.165) is 22.6 Å². The Morgan fingerprint density at radius 2 is 1.77 bits per heavy atom. The summed E-state index contributed by atoms with van der Waals surface area (Å²) in [4.78, 5) is 37.1. The molecule has 35 heavy (non-hydrogen) atoms. The Labute approximate surface area is 207 Å². The second-order valence-electron chi connectivity index (χ2n) is 8.04. The smallest absolute Gasteiger partial charge is 0.259 e. The predicted molar refractivity (Wildman–Crippen MR) is 140 cm³/mol. The van der Waals surface area contributed by atoms with Crippen LogP contribution in [0.3, 0.4) is 0 Å². The van der Waals surface area contributed by atoms with Gasteiger partial charge in [-0.25, -0.2) is 9.89 Å². The summed E-state index contributed by atoms with van der Waals surface area (Å²) in [6.45, 7) is 2.50. The fraction of sp³-hybridized carbons (Fsp3) is 0.185. The summed E-state index contributed by atoms with van der Waals surface area (Å²) in [6.07, 6.45) is 0.512. The number of benzene rings is 3. The normalized spacial score (nSPS) is 16.2. The van der Waals surface area contributed by atoms with Crippen molar-refractivity contribution in [1.82, 2.24) is 4.90 Å². The van der Waals surface area contributed by atoms with Crippen molar-refractivity contribution in [3.8, 4) is 5.75 Å². The highest BCUT2D eigenvalue weighted by Crippen LogP contribution is 2.34. The number of nitrogens with zero attached hydrogens (tertiary/aromatic N) is 3. The first-order valence-electron chi connectivity index (χ1n) is 11.4. The van der Waals surface area contributed by atoms with Crippen molar-refractivity contribution in [3.05, 3.63) is 90.0 Å². The summed E-state index contributed by atoms with van der Waals surface area (Å²) in [5, 5.41) is 3.34. The molecule has 0 bridgehead atoms. The largest absolute Gasteiger partial charge is 0.494 e. The molecule has 0 saturated carbocycles. The van der Waals surface area contributed by atoms with Gasteiger partial charge in [0, 0.05) is 17.7 Å². The molecule has 1 atom stereocenters. The second-order valence-corrected chi connectivity index (χ2v) is 8.98. The Kier molecular flexibility index (Phi) is 6.63. The third-order valence-electron chi connectivity index (χ3n) is 5.60. The van der Waals surface area contributed by atoms with Gasteiger partial charge in [0.05, 0.1) is 18.0 Å². The Morgan fingerprint density at radius 1 is 1.03 bits per heavy atom. The monoisotopic (exact) mass is 484 g/mol. The molecular formula is C27H24N4O3S. The van der Waals surface area contributed by atoms with Gasteiger partial charge in [-0.1, -0.05) is 54.2 Å². The number of amides is 2. The summed E-state index contributed by atoms with van der Waals surface area (Å²) in [5.41, 5.74) is 3.28. The van der Waals surface area contributed by atoms with Crippen molar-refractivity contribution in [2.24, 2.45) is 9.98 Å². The van der Waals surface area contributed by atoms with E-state index in [2.05, 4.69) is 5.32 Å². The molecule has 0 aromatic heterocycles. The minimum Gasteiger partial charge on any atom is -0.494 e. The molecule has 2 amide bonds. The SMILES string of the molecule is CCOc1ccc(NC(=O)CSC2=Nc3ccccc3C3=N[C@H](Cc4ccccc4)C(=O)N23)cc1. The molecule has 0 aliphatic carbocycles. The van der Waals surface area contributed by atoms with Gasteiger partial charge in [-0.05, 0) is 48.9 Å². The fourth-order valence-electron chi connectivity index (χ4n) is 4.00. The minimum absolute atomic E-state index is 0.106. The van der Waals surface area contributed by atoms with Gasteiger partial charge < -0.3 is 10.1 Å². The third-order valence-corrected chi connectivity index (χ3v) is 6.54. The number of rotatable bonds is 7. The standard InChI is InChI=1S/C27H24N4O3S/c1-2-34-20-14-12-19(13-15-20)28-24(32)17-35-27-30-22-11-7-6-10-21(22)25-29-23(26(33)31(25)27)16-18-8-4-3-5-9-18/h3-15,23H,2,16-17H2,1H3,(H,28,32)/t23-/m1/s1. The highest BCUT2D eigenvalue weighted by Gasteiger charge is 2.41. The zero-order chi connectivity index (χ0) is 24.2. The zero-order valence-corrected chi connectivity index (χ0v) is 20.0. The van der Waals surface area contributed by atoms with E-state index < -0.39 is 6.04 Å². The lowest BCUT2D eigenvalue weighted by Gasteiger charge is -2.25. The molecule has 0 unspecified atom stereocenters. The average Bonchev–Trinajstić information content (AvgIpc) is 3.21. The Bertz CT molecular complexity index is 1310. The van der Waals surface area contributed by atoms with Gasteiger partial charge in [0.1, 0.15) is 17.6 Å². The number of aliphatic imine (C=N–C) groups is 2. The molecule has 0 fully saturated rings. The number of fused-ring (bicyclic) bond motifs is 3. The maximum Gasteiger partial charge on any atom is 0.259 e. The lowest BCUT2D eigenvalue weighted by molar-refractivity contribution is -0.124. The molecule has 7 nitrogen and oxygen atoms in total. The van der Waals surface area contributed by atoms with Crippen molar-refractivity contribution < 1.29 is 14.3 Å². The first kappa shape index (κ1) is 22.9. The molecular weight excluding hydrogens is 460 g/mol. The van der Waals surface area contributed by atoms with Gasteiger partial charge in [-0.2, -0.15) is 0 Å². The third kappa shape index (κ3) is 4.97. The van der Waals surface area contributed by atoms with Crippen LogP contribution in [0.5, 0.6) is 5.75 Å². The van der Waals surface area contributed by atoms with Crippen molar-refractivity contribution in [2.75, 3.05) is 17.7 Å². The quantitative estimate of drug-likeness (QED) is 0.529. The Morgan fingerprint density at radius 3 is 2.54 bits per heavy atom. The molecule has 3 aromatic rings. The molecule has 2 aliphatic rings. The number of carbonyl (C=O) groups is 2. The predicted octanol–water partition coefficient (Wildman–Crippen LogP) is 4.66. The summed E-state index contributed by atoms with van der Waals surface area (Å²) >= 11 is 1.23. The summed E-state index contributed by atoms with van der Waals surface area (Å²) < 4.78 is 5.44. The molecule has 1 N–H and O–H groups in total. The second kappa shape index (κ2) is 10.1. The fourth-order valence-corrected chi connectivity index (χ4v) is 4.80. The summed E-state index contributed by atoms with van der Waals surface area (Å²) in [6, 6.07) is 24.2. The minimum atomic E-state index is -0.526. The van der Waals surface area contributed by atoms with Crippen LogP contribution in [0.1, 0.15) is 18.1 Å². The number of para-hydroxylation sites is 1. The van der Waals surface area contributed by atoms with Crippen LogP contribution in [0.4, 0.5) is 11.4 Å². The van der Waals surface area contributed by atoms with Gasteiger partial charge in [-0.15, -0.1) is 0 Å². The Balaban J connectivity index is 1.32. The van der Waals surface area contributed by atoms with Crippen molar-refractivity contribution in [3.63, 3.8) is 0 Å². The summed E-state index contributed by atoms with van der Waals surface area (Å²) in [5.74, 6) is 1.13. The van der Waals surface area contributed by atoms with Crippen LogP contribution in [0.15, 0.2) is 88.8 Å². The van der Waals surface area contributed by atoms with Crippen molar-refractivity contribution >= 4 is 46.0 Å². The molecule has 2 heterocycles. The van der Waals surface area contributed by atoms with Gasteiger partial charge in [0.15, 0.2) is 5.17 Å². The highest BCUT2D eigenvalue weighted by atomic mass is 32.2. The van der Waals surface area contributed by atoms with Crippen LogP contribution in [0.25, 0.3) is 0 Å². The first-order chi connectivity index (χ1) is 17.1. The van der Waals surface area contributed by atoms with Crippen LogP contribution < -0.4 is 10.1 Å². The molecule has 176 valence electrons. The van der Waals surface area contributed by atoms with Gasteiger partial charge in [0.25, 0.3) is 5.91 Å². The number of carbonyl (C=O) groups excluding carboxylic acids is 2. The molecule has 0 spiro atoms. The van der Waals surface area contributed by atoms with Gasteiger partial charge in [-0.3, -0.25) is 14.6 Å². The van der Waals surface area contributed by atoms with E-state index in [-0.39, 0.29) is 17.6 Å². The number of thioether (sulfide) groups is 1. The van der Waals surface area contributed by atoms with Crippen molar-refractivity contribution in [2.45, 2.75) is 19.4 Å². The molecule has 0 saturated heterocycles. The van der Waals surface area contributed by atoms with Crippen LogP contribution in [-0.4, -0.2) is 46.1 Å². The lowest BCUT2D eigenvalue weighted by Crippen LogP contribution is -2.41. The van der Waals surface area contributed by atoms with E-state index in [1.165, 1.54) is 11.8 Å². The van der Waals surface area contributed by atoms with E-state index in [1.807, 2.05) is 73.7 Å². The van der Waals surface area contributed by atoms with E-state index in [9.17, 15) is 9.59 Å². The van der Waals surface area contributed by atoms with Crippen LogP contribution in [-0.2, 0) is 16.0 Å². The molecule has 0 radical (unpaired) electrons. The van der Waals surface area contributed by atoms with Crippen LogP contribution >= 0.6 is 11.8 Å². The topological polar surface area (TPSA) is 83.4 Å². The van der Waals surface area contributed by atoms with E-state index in [4.69, 9.17) is 14.7 Å². The van der Waals surface area contributed by atoms with Crippen LogP contribution in [0.2, 0.25) is 0 Å². The Hall–Kier alpha value is -3.91. The first-order valence-corrected chi connectivity index (χ1v) is 12.4. The number of amidine groups is 2. The molecule has 5 rings (SSSR count). The molecule has 2 aliphatic heterocycles. The summed E-state index contributed by atoms with van der Waals surface area (Å²) in [7, 11) is 0. The van der Waals surface area contributed by atoms with E-state index in [1.54, 1.807) is 17.0 Å². The lowest BCUT2D eigenvalue weighted by atomic mass is 10.1. The van der Waals surface area contributed by atoms with Crippen molar-refractivity contribution in [1.29, 1.82) is 0 Å². The maximum atomic E-state index is 13.4. The van der Waals surface area contributed by atoms with Crippen LogP contribution in [0, 0.1) is 0 Å². The number of hydrogen-bond donors (Lipinski definition) is 1. The highest BCUT2D eigenvalue weighted by molar-refractivity contribution is 8.14. The van der Waals surface area contributed by atoms with Gasteiger partial charge >= 0.3 is 0 Å². The van der Waals surface area contributed by atoms with E-state index >= 15 is 0 Å². The average molecular weight is 485 g/mol. The van der Waals surface area contributed by atoms with E-state index in [0.29, 0.717) is 29.7 Å². The molecule has 8 heteroatoms. The zero-order valence-electron chi connectivity index (χ0n) is 19.2.